The highest BCUT2D eigenvalue weighted by Crippen LogP contribution is 2.50. The number of nitrogens with one attached hydrogen (secondary N) is 1. The van der Waals surface area contributed by atoms with Gasteiger partial charge in [0, 0.05) is 6.04 Å². The summed E-state index contributed by atoms with van der Waals surface area (Å²) in [7, 11) is 0. The van der Waals surface area contributed by atoms with Crippen molar-refractivity contribution in [2.75, 3.05) is 0 Å². The van der Waals surface area contributed by atoms with Crippen LogP contribution in [0.15, 0.2) is 30.3 Å². The van der Waals surface area contributed by atoms with E-state index in [-0.39, 0.29) is 29.3 Å². The molecule has 1 aromatic rings. The number of hydrogen-bond donors (Lipinski definition) is 1. The number of piperazine rings is 1. The van der Waals surface area contributed by atoms with E-state index >= 15 is 0 Å². The number of rotatable bonds is 2. The molecule has 3 atom stereocenters. The molecule has 1 saturated carbocycles. The molecule has 1 aliphatic heterocycles. The molecule has 0 aromatic heterocycles. The van der Waals surface area contributed by atoms with Crippen LogP contribution in [-0.4, -0.2) is 28.8 Å². The van der Waals surface area contributed by atoms with Gasteiger partial charge in [0.15, 0.2) is 0 Å². The molecule has 2 amide bonds. The third-order valence-electron chi connectivity index (χ3n) is 4.51. The fraction of sp³-hybridized carbons (Fsp3) is 0.500. The largest absolute Gasteiger partial charge is 0.339 e. The van der Waals surface area contributed by atoms with Crippen molar-refractivity contribution in [3.63, 3.8) is 0 Å². The number of carbonyl (C=O) groups excluding carboxylic acids is 2. The van der Waals surface area contributed by atoms with Gasteiger partial charge < -0.3 is 10.2 Å². The van der Waals surface area contributed by atoms with Gasteiger partial charge in [-0.25, -0.2) is 0 Å². The fourth-order valence-corrected chi connectivity index (χ4v) is 3.00. The van der Waals surface area contributed by atoms with E-state index in [1.807, 2.05) is 37.3 Å². The molecule has 20 heavy (non-hydrogen) atoms. The minimum Gasteiger partial charge on any atom is -0.339 e. The van der Waals surface area contributed by atoms with Crippen LogP contribution in [0, 0.1) is 5.41 Å². The van der Waals surface area contributed by atoms with Crippen molar-refractivity contribution >= 4 is 11.8 Å². The Bertz CT molecular complexity index is 553. The second-order valence-corrected chi connectivity index (χ2v) is 6.48. The van der Waals surface area contributed by atoms with Crippen molar-refractivity contribution in [1.29, 1.82) is 0 Å². The predicted octanol–water partition coefficient (Wildman–Crippen LogP) is 1.87. The molecule has 0 spiro atoms. The molecule has 1 aliphatic carbocycles. The standard InChI is InChI=1S/C16H20N2O2/c1-10-14(19)17-13(11-7-5-4-6-8-11)15(20)18(10)12-9-16(12,2)3/h4-8,10,12-13H,9H2,1-3H3,(H,17,19). The van der Waals surface area contributed by atoms with Gasteiger partial charge in [-0.15, -0.1) is 0 Å². The molecule has 1 N–H and O–H groups in total. The maximum absolute atomic E-state index is 12.8. The zero-order chi connectivity index (χ0) is 14.5. The van der Waals surface area contributed by atoms with Crippen LogP contribution in [0.1, 0.15) is 38.8 Å². The molecule has 106 valence electrons. The fourth-order valence-electron chi connectivity index (χ4n) is 3.00. The van der Waals surface area contributed by atoms with Crippen LogP contribution in [0.3, 0.4) is 0 Å². The first-order valence-electron chi connectivity index (χ1n) is 7.09. The summed E-state index contributed by atoms with van der Waals surface area (Å²) >= 11 is 0. The van der Waals surface area contributed by atoms with Crippen molar-refractivity contribution in [3.8, 4) is 0 Å². The minimum absolute atomic E-state index is 0.0128. The Morgan fingerprint density at radius 3 is 2.35 bits per heavy atom. The van der Waals surface area contributed by atoms with Crippen LogP contribution in [0.25, 0.3) is 0 Å². The number of nitrogens with zero attached hydrogens (tertiary/aromatic N) is 1. The smallest absolute Gasteiger partial charge is 0.250 e. The lowest BCUT2D eigenvalue weighted by molar-refractivity contribution is -0.150. The van der Waals surface area contributed by atoms with Gasteiger partial charge in [0.2, 0.25) is 5.91 Å². The van der Waals surface area contributed by atoms with E-state index < -0.39 is 6.04 Å². The second-order valence-electron chi connectivity index (χ2n) is 6.48. The van der Waals surface area contributed by atoms with Gasteiger partial charge in [-0.2, -0.15) is 0 Å². The molecular weight excluding hydrogens is 252 g/mol. The molecule has 2 fully saturated rings. The quantitative estimate of drug-likeness (QED) is 0.893. The summed E-state index contributed by atoms with van der Waals surface area (Å²) in [5, 5.41) is 2.84. The predicted molar refractivity (Wildman–Crippen MR) is 75.8 cm³/mol. The Labute approximate surface area is 119 Å². The van der Waals surface area contributed by atoms with Gasteiger partial charge in [-0.3, -0.25) is 9.59 Å². The summed E-state index contributed by atoms with van der Waals surface area (Å²) in [4.78, 5) is 26.7. The van der Waals surface area contributed by atoms with E-state index in [0.717, 1.165) is 12.0 Å². The highest BCUT2D eigenvalue weighted by Gasteiger charge is 2.55. The highest BCUT2D eigenvalue weighted by molar-refractivity contribution is 5.97. The Morgan fingerprint density at radius 1 is 1.20 bits per heavy atom. The van der Waals surface area contributed by atoms with Gasteiger partial charge in [-0.1, -0.05) is 44.2 Å². The molecule has 2 aliphatic rings. The topological polar surface area (TPSA) is 49.4 Å². The Morgan fingerprint density at radius 2 is 1.80 bits per heavy atom. The summed E-state index contributed by atoms with van der Waals surface area (Å²) < 4.78 is 0. The van der Waals surface area contributed by atoms with Crippen molar-refractivity contribution in [3.05, 3.63) is 35.9 Å². The second kappa shape index (κ2) is 4.33. The lowest BCUT2D eigenvalue weighted by atomic mass is 10.00. The van der Waals surface area contributed by atoms with Crippen LogP contribution in [-0.2, 0) is 9.59 Å². The van der Waals surface area contributed by atoms with E-state index in [0.29, 0.717) is 0 Å². The van der Waals surface area contributed by atoms with Crippen molar-refractivity contribution in [2.24, 2.45) is 5.41 Å². The molecule has 4 nitrogen and oxygen atoms in total. The molecule has 1 aromatic carbocycles. The van der Waals surface area contributed by atoms with Crippen molar-refractivity contribution < 1.29 is 9.59 Å². The first-order chi connectivity index (χ1) is 9.42. The van der Waals surface area contributed by atoms with E-state index in [2.05, 4.69) is 19.2 Å². The molecule has 3 rings (SSSR count). The molecule has 0 bridgehead atoms. The van der Waals surface area contributed by atoms with Gasteiger partial charge in [0.25, 0.3) is 5.91 Å². The monoisotopic (exact) mass is 272 g/mol. The van der Waals surface area contributed by atoms with Gasteiger partial charge in [0.1, 0.15) is 12.1 Å². The molecule has 4 heteroatoms. The zero-order valence-electron chi connectivity index (χ0n) is 12.1. The van der Waals surface area contributed by atoms with Crippen molar-refractivity contribution in [1.82, 2.24) is 10.2 Å². The van der Waals surface area contributed by atoms with Crippen LogP contribution in [0.5, 0.6) is 0 Å². The van der Waals surface area contributed by atoms with Crippen LogP contribution < -0.4 is 5.32 Å². The third kappa shape index (κ3) is 1.99. The maximum atomic E-state index is 12.8. The summed E-state index contributed by atoms with van der Waals surface area (Å²) in [6.07, 6.45) is 0.970. The van der Waals surface area contributed by atoms with E-state index in [9.17, 15) is 9.59 Å². The normalized spacial score (nSPS) is 31.9. The molecule has 1 saturated heterocycles. The maximum Gasteiger partial charge on any atom is 0.250 e. The van der Waals surface area contributed by atoms with Crippen LogP contribution >= 0.6 is 0 Å². The molecule has 3 unspecified atom stereocenters. The first kappa shape index (κ1) is 13.2. The Hall–Kier alpha value is -1.84. The average Bonchev–Trinajstić information content (AvgIpc) is 3.04. The zero-order valence-corrected chi connectivity index (χ0v) is 12.1. The lowest BCUT2D eigenvalue weighted by Crippen LogP contribution is -2.59. The number of hydrogen-bond acceptors (Lipinski definition) is 2. The molecule has 1 heterocycles. The van der Waals surface area contributed by atoms with Crippen molar-refractivity contribution in [2.45, 2.75) is 45.3 Å². The highest BCUT2D eigenvalue weighted by atomic mass is 16.2. The average molecular weight is 272 g/mol. The van der Waals surface area contributed by atoms with E-state index in [4.69, 9.17) is 0 Å². The summed E-state index contributed by atoms with van der Waals surface area (Å²) in [5.41, 5.74) is 0.976. The number of benzene rings is 1. The summed E-state index contributed by atoms with van der Waals surface area (Å²) in [6, 6.07) is 8.71. The minimum atomic E-state index is -0.545. The van der Waals surface area contributed by atoms with Crippen LogP contribution in [0.2, 0.25) is 0 Å². The molecular formula is C16H20N2O2. The summed E-state index contributed by atoms with van der Waals surface area (Å²) in [5.74, 6) is -0.0555. The molecule has 0 radical (unpaired) electrons. The number of carbonyl (C=O) groups is 2. The van der Waals surface area contributed by atoms with E-state index in [1.54, 1.807) is 4.90 Å². The lowest BCUT2D eigenvalue weighted by Gasteiger charge is -2.38. The SMILES string of the molecule is CC1C(=O)NC(c2ccccc2)C(=O)N1C1CC1(C)C. The Balaban J connectivity index is 1.91. The Kier molecular flexibility index (Phi) is 2.85. The third-order valence-corrected chi connectivity index (χ3v) is 4.51. The first-order valence-corrected chi connectivity index (χ1v) is 7.09. The van der Waals surface area contributed by atoms with E-state index in [1.165, 1.54) is 0 Å². The van der Waals surface area contributed by atoms with Gasteiger partial charge in [-0.05, 0) is 24.3 Å². The number of amides is 2. The summed E-state index contributed by atoms with van der Waals surface area (Å²) in [6.45, 7) is 6.09. The van der Waals surface area contributed by atoms with Gasteiger partial charge in [0.05, 0.1) is 0 Å². The van der Waals surface area contributed by atoms with Gasteiger partial charge >= 0.3 is 0 Å². The van der Waals surface area contributed by atoms with Crippen LogP contribution in [0.4, 0.5) is 0 Å².